The molecule has 3 N–H and O–H groups in total. The first kappa shape index (κ1) is 27.3. The molecule has 11 nitrogen and oxygen atoms in total. The number of unbranched alkanes of at least 4 members (excludes halogenated alkanes) is 2. The van der Waals surface area contributed by atoms with Crippen LogP contribution in [-0.4, -0.2) is 59.2 Å². The van der Waals surface area contributed by atoms with Crippen molar-refractivity contribution in [2.75, 3.05) is 18.4 Å². The number of carboxylic acids is 1. The highest BCUT2D eigenvalue weighted by molar-refractivity contribution is 6.12. The normalized spacial score (nSPS) is 11.6. The summed E-state index contributed by atoms with van der Waals surface area (Å²) in [5, 5.41) is 14.0. The molecule has 0 aliphatic carbocycles. The summed E-state index contributed by atoms with van der Waals surface area (Å²) >= 11 is 0. The van der Waals surface area contributed by atoms with Crippen molar-refractivity contribution in [2.45, 2.75) is 32.1 Å². The Bertz CT molecular complexity index is 1180. The molecular weight excluding hydrogens is 470 g/mol. The van der Waals surface area contributed by atoms with Crippen molar-refractivity contribution in [3.05, 3.63) is 41.5 Å². The summed E-state index contributed by atoms with van der Waals surface area (Å²) in [4.78, 5) is 69.3. The molecule has 0 unspecified atom stereocenters. The number of nitrogens with zero attached hydrogens (tertiary/aromatic N) is 1. The van der Waals surface area contributed by atoms with Crippen LogP contribution in [0.15, 0.2) is 30.4 Å². The van der Waals surface area contributed by atoms with Crippen molar-refractivity contribution in [1.29, 1.82) is 0 Å². The summed E-state index contributed by atoms with van der Waals surface area (Å²) in [6, 6.07) is 4.40. The number of ether oxygens (including phenoxy) is 1. The van der Waals surface area contributed by atoms with Gasteiger partial charge in [-0.1, -0.05) is 12.3 Å². The van der Waals surface area contributed by atoms with Crippen LogP contribution in [0, 0.1) is 23.9 Å². The molecule has 1 aliphatic heterocycles. The first-order chi connectivity index (χ1) is 17.3. The Morgan fingerprint density at radius 3 is 2.44 bits per heavy atom. The molecule has 4 amide bonds. The van der Waals surface area contributed by atoms with E-state index in [0.717, 1.165) is 4.90 Å². The van der Waals surface area contributed by atoms with Crippen molar-refractivity contribution in [1.82, 2.24) is 10.2 Å². The smallest absolute Gasteiger partial charge is 0.382 e. The van der Waals surface area contributed by atoms with Gasteiger partial charge in [-0.05, 0) is 37.0 Å². The molecule has 11 heteroatoms. The number of imide groups is 1. The van der Waals surface area contributed by atoms with Gasteiger partial charge < -0.3 is 20.5 Å². The van der Waals surface area contributed by atoms with Gasteiger partial charge in [-0.25, -0.2) is 4.79 Å². The van der Waals surface area contributed by atoms with Crippen LogP contribution in [0.2, 0.25) is 0 Å². The molecule has 0 fully saturated rings. The fourth-order valence-corrected chi connectivity index (χ4v) is 3.07. The number of nitrogens with one attached hydrogen (secondary N) is 2. The second-order valence-electron chi connectivity index (χ2n) is 7.38. The number of hydrogen-bond donors (Lipinski definition) is 3. The minimum absolute atomic E-state index is 0.0410. The van der Waals surface area contributed by atoms with Gasteiger partial charge in [-0.15, -0.1) is 0 Å². The number of rotatable bonds is 11. The van der Waals surface area contributed by atoms with E-state index in [4.69, 9.17) is 5.11 Å². The molecule has 1 aromatic carbocycles. The lowest BCUT2D eigenvalue weighted by molar-refractivity contribution is -0.137. The van der Waals surface area contributed by atoms with Crippen LogP contribution in [0.1, 0.15) is 43.2 Å². The highest BCUT2D eigenvalue weighted by Gasteiger charge is 2.22. The van der Waals surface area contributed by atoms with E-state index in [1.54, 1.807) is 0 Å². The van der Waals surface area contributed by atoms with E-state index in [9.17, 15) is 28.8 Å². The number of carboxylic acid groups (broad SMARTS) is 1. The number of anilines is 1. The number of carbonyl (C=O) groups is 6. The van der Waals surface area contributed by atoms with Crippen LogP contribution in [0.25, 0.3) is 0 Å². The van der Waals surface area contributed by atoms with Gasteiger partial charge in [0.25, 0.3) is 11.8 Å². The SMILES string of the molecule is O=COC#Cc1ccc(C#CC(=O)O)cc1NC(=O)CCNC(=O)CCCCCN1C(=O)C=CC1=O. The quantitative estimate of drug-likeness (QED) is 0.174. The standard InChI is InChI=1S/C25H23N3O8/c29-17-36-15-12-19-7-5-18(6-10-25(34)35)16-20(19)27-22(31)11-13-26-21(30)4-2-1-3-14-28-23(32)8-9-24(28)33/h5,7-9,16-17H,1-4,11,13-14H2,(H,26,30)(H,27,31)(H,34,35). The first-order valence-electron chi connectivity index (χ1n) is 10.9. The predicted molar refractivity (Wildman–Crippen MR) is 126 cm³/mol. The van der Waals surface area contributed by atoms with Crippen LogP contribution in [0.3, 0.4) is 0 Å². The fourth-order valence-electron chi connectivity index (χ4n) is 3.07. The number of benzene rings is 1. The highest BCUT2D eigenvalue weighted by atomic mass is 16.5. The van der Waals surface area contributed by atoms with Crippen LogP contribution in [-0.2, 0) is 33.5 Å². The maximum atomic E-state index is 12.3. The topological polar surface area (TPSA) is 159 Å². The van der Waals surface area contributed by atoms with Gasteiger partial charge in [0.15, 0.2) is 0 Å². The number of hydrogen-bond acceptors (Lipinski definition) is 7. The zero-order chi connectivity index (χ0) is 26.3. The summed E-state index contributed by atoms with van der Waals surface area (Å²) in [6.45, 7) is 0.539. The van der Waals surface area contributed by atoms with E-state index in [1.807, 2.05) is 5.92 Å². The molecule has 0 bridgehead atoms. The van der Waals surface area contributed by atoms with Crippen LogP contribution < -0.4 is 10.6 Å². The Morgan fingerprint density at radius 2 is 1.75 bits per heavy atom. The fraction of sp³-hybridized carbons (Fsp3) is 0.280. The third-order valence-corrected chi connectivity index (χ3v) is 4.76. The van der Waals surface area contributed by atoms with Crippen molar-refractivity contribution in [3.8, 4) is 23.9 Å². The molecule has 0 atom stereocenters. The summed E-state index contributed by atoms with van der Waals surface area (Å²) in [7, 11) is 0. The maximum absolute atomic E-state index is 12.3. The lowest BCUT2D eigenvalue weighted by Crippen LogP contribution is -2.31. The summed E-state index contributed by atoms with van der Waals surface area (Å²) < 4.78 is 4.34. The Hall–Kier alpha value is -4.90. The molecule has 2 rings (SSSR count). The summed E-state index contributed by atoms with van der Waals surface area (Å²) in [6.07, 6.45) is 6.61. The maximum Gasteiger partial charge on any atom is 0.382 e. The third-order valence-electron chi connectivity index (χ3n) is 4.76. The lowest BCUT2D eigenvalue weighted by atomic mass is 10.1. The zero-order valence-corrected chi connectivity index (χ0v) is 19.2. The second-order valence-corrected chi connectivity index (χ2v) is 7.38. The molecule has 0 saturated heterocycles. The molecule has 0 spiro atoms. The minimum Gasteiger partial charge on any atom is -0.472 e. The zero-order valence-electron chi connectivity index (χ0n) is 19.2. The molecule has 0 radical (unpaired) electrons. The van der Waals surface area contributed by atoms with E-state index in [-0.39, 0.29) is 49.3 Å². The molecule has 1 aliphatic rings. The van der Waals surface area contributed by atoms with E-state index in [0.29, 0.717) is 36.9 Å². The van der Waals surface area contributed by atoms with E-state index >= 15 is 0 Å². The van der Waals surface area contributed by atoms with Gasteiger partial charge in [0.2, 0.25) is 11.8 Å². The highest BCUT2D eigenvalue weighted by Crippen LogP contribution is 2.17. The molecule has 186 valence electrons. The Morgan fingerprint density at radius 1 is 1.00 bits per heavy atom. The minimum atomic E-state index is -1.31. The summed E-state index contributed by atoms with van der Waals surface area (Å²) in [5.41, 5.74) is 0.858. The van der Waals surface area contributed by atoms with E-state index < -0.39 is 11.9 Å². The van der Waals surface area contributed by atoms with Crippen LogP contribution in [0.5, 0.6) is 0 Å². The van der Waals surface area contributed by atoms with Gasteiger partial charge >= 0.3 is 12.4 Å². The van der Waals surface area contributed by atoms with E-state index in [2.05, 4.69) is 33.3 Å². The molecule has 36 heavy (non-hydrogen) atoms. The van der Waals surface area contributed by atoms with Gasteiger partial charge in [0.1, 0.15) is 6.11 Å². The van der Waals surface area contributed by atoms with Crippen molar-refractivity contribution >= 4 is 41.8 Å². The van der Waals surface area contributed by atoms with Crippen LogP contribution in [0.4, 0.5) is 5.69 Å². The van der Waals surface area contributed by atoms with Crippen molar-refractivity contribution in [3.63, 3.8) is 0 Å². The monoisotopic (exact) mass is 493 g/mol. The van der Waals surface area contributed by atoms with E-state index in [1.165, 1.54) is 30.4 Å². The molecule has 1 aromatic rings. The largest absolute Gasteiger partial charge is 0.472 e. The predicted octanol–water partition coefficient (Wildman–Crippen LogP) is 0.535. The number of aliphatic carboxylic acids is 1. The average Bonchev–Trinajstić information content (AvgIpc) is 3.16. The van der Waals surface area contributed by atoms with Gasteiger partial charge in [-0.3, -0.25) is 28.9 Å². The Kier molecular flexibility index (Phi) is 10.9. The Balaban J connectivity index is 1.77. The lowest BCUT2D eigenvalue weighted by Gasteiger charge is -2.13. The first-order valence-corrected chi connectivity index (χ1v) is 10.9. The molecular formula is C25H23N3O8. The van der Waals surface area contributed by atoms with Crippen molar-refractivity contribution < 1.29 is 38.6 Å². The molecule has 0 saturated carbocycles. The summed E-state index contributed by atoms with van der Waals surface area (Å²) in [5.74, 6) is 4.30. The third kappa shape index (κ3) is 9.53. The second kappa shape index (κ2) is 14.4. The molecule has 0 aromatic heterocycles. The van der Waals surface area contributed by atoms with Gasteiger partial charge in [0.05, 0.1) is 11.3 Å². The van der Waals surface area contributed by atoms with Gasteiger partial charge in [0, 0.05) is 49.6 Å². The number of carbonyl (C=O) groups excluding carboxylic acids is 5. The number of amides is 4. The molecule has 1 heterocycles. The van der Waals surface area contributed by atoms with Gasteiger partial charge in [-0.2, -0.15) is 0 Å². The average molecular weight is 493 g/mol. The Labute approximate surface area is 206 Å². The van der Waals surface area contributed by atoms with Crippen LogP contribution >= 0.6 is 0 Å². The van der Waals surface area contributed by atoms with Crippen molar-refractivity contribution in [2.24, 2.45) is 0 Å².